The molecule has 0 saturated heterocycles. The number of rotatable bonds is 0. The monoisotopic (exact) mass is 426 g/mol. The Kier molecular flexibility index (Phi) is 6.54. The van der Waals surface area contributed by atoms with Crippen LogP contribution in [0.25, 0.3) is 0 Å². The number of para-hydroxylation sites is 2. The van der Waals surface area contributed by atoms with Crippen LogP contribution in [0.15, 0.2) is 36.4 Å². The van der Waals surface area contributed by atoms with E-state index in [4.69, 9.17) is 14.2 Å². The smallest absolute Gasteiger partial charge is 0.246 e. The molecule has 3 heteroatoms. The summed E-state index contributed by atoms with van der Waals surface area (Å²) in [5.74, 6) is 2.33. The molecule has 0 fully saturated rings. The summed E-state index contributed by atoms with van der Waals surface area (Å²) in [6, 6.07) is 12.6. The van der Waals surface area contributed by atoms with Gasteiger partial charge in [0, 0.05) is 25.8 Å². The molecule has 3 nitrogen and oxygen atoms in total. The van der Waals surface area contributed by atoms with Crippen LogP contribution in [-0.4, -0.2) is 11.4 Å². The van der Waals surface area contributed by atoms with Crippen LogP contribution in [0.4, 0.5) is 0 Å². The van der Waals surface area contributed by atoms with Gasteiger partial charge in [-0.3, -0.25) is 0 Å². The topological polar surface area (TPSA) is 27.7 Å². The molecule has 2 aliphatic rings. The first-order chi connectivity index (χ1) is 13.6. The predicted octanol–water partition coefficient (Wildman–Crippen LogP) is 7.83. The lowest BCUT2D eigenvalue weighted by molar-refractivity contribution is -0.0437. The van der Waals surface area contributed by atoms with Crippen molar-refractivity contribution in [3.05, 3.63) is 53.1 Å². The highest BCUT2D eigenvalue weighted by Crippen LogP contribution is 2.45. The van der Waals surface area contributed by atoms with Crippen molar-refractivity contribution >= 4 is 0 Å². The van der Waals surface area contributed by atoms with E-state index in [9.17, 15) is 0 Å². The molecular weight excluding hydrogens is 384 g/mol. The molecule has 4 rings (SSSR count). The van der Waals surface area contributed by atoms with Crippen LogP contribution in [0.5, 0.6) is 17.2 Å². The van der Waals surface area contributed by atoms with Crippen LogP contribution in [-0.2, 0) is 17.3 Å². The van der Waals surface area contributed by atoms with Crippen LogP contribution in [0.3, 0.4) is 0 Å². The maximum atomic E-state index is 6.05. The van der Waals surface area contributed by atoms with Crippen molar-refractivity contribution in [1.82, 2.24) is 0 Å². The third kappa shape index (κ3) is 5.56. The van der Waals surface area contributed by atoms with Crippen molar-refractivity contribution < 1.29 is 14.2 Å². The summed E-state index contributed by atoms with van der Waals surface area (Å²) in [7, 11) is 0. The summed E-state index contributed by atoms with van der Waals surface area (Å²) in [6.45, 7) is 21.4. The fraction of sp³-hybridized carbons (Fsp3) is 0.571. The minimum atomic E-state index is -0.538. The van der Waals surface area contributed by atoms with Crippen LogP contribution in [0.2, 0.25) is 0 Å². The molecule has 0 atom stereocenters. The standard InChI is InChI=1S/C14H20O.C13H18O2.CH4/c1-13(2,3)11-8-6-7-10-9-14(4,5)15-12(10)11;1-12(2,3)9-7-6-8-10-11(9)15-13(4,5)14-10;/h6-8H,9H2,1-5H3;6-8H,1-5H3;1H4. The largest absolute Gasteiger partial charge is 0.487 e. The molecule has 0 spiro atoms. The molecule has 0 bridgehead atoms. The molecule has 0 saturated carbocycles. The van der Waals surface area contributed by atoms with Crippen LogP contribution in [0.1, 0.15) is 93.4 Å². The zero-order valence-electron chi connectivity index (χ0n) is 20.4. The van der Waals surface area contributed by atoms with Gasteiger partial charge in [0.05, 0.1) is 0 Å². The van der Waals surface area contributed by atoms with Gasteiger partial charge in [-0.15, -0.1) is 0 Å². The highest BCUT2D eigenvalue weighted by molar-refractivity contribution is 5.52. The van der Waals surface area contributed by atoms with Gasteiger partial charge in [-0.2, -0.15) is 0 Å². The lowest BCUT2D eigenvalue weighted by atomic mass is 9.85. The molecule has 31 heavy (non-hydrogen) atoms. The molecule has 0 aliphatic carbocycles. The van der Waals surface area contributed by atoms with Crippen LogP contribution < -0.4 is 14.2 Å². The van der Waals surface area contributed by atoms with Crippen molar-refractivity contribution in [3.8, 4) is 17.2 Å². The Morgan fingerprint density at radius 2 is 1.19 bits per heavy atom. The molecule has 0 radical (unpaired) electrons. The maximum Gasteiger partial charge on any atom is 0.246 e. The van der Waals surface area contributed by atoms with Crippen molar-refractivity contribution in [2.45, 2.75) is 105 Å². The van der Waals surface area contributed by atoms with Crippen molar-refractivity contribution in [2.75, 3.05) is 0 Å². The Morgan fingerprint density at radius 3 is 1.74 bits per heavy atom. The Bertz CT molecular complexity index is 847. The second kappa shape index (κ2) is 8.07. The molecule has 0 aromatic heterocycles. The van der Waals surface area contributed by atoms with E-state index in [0.717, 1.165) is 23.7 Å². The maximum absolute atomic E-state index is 6.05. The SMILES string of the molecule is C.CC1(C)Cc2cccc(C(C)(C)C)c2O1.CC1(C)Oc2cccc(C(C)(C)C)c2O1. The van der Waals surface area contributed by atoms with Crippen LogP contribution in [0, 0.1) is 0 Å². The number of hydrogen-bond donors (Lipinski definition) is 0. The lowest BCUT2D eigenvalue weighted by Crippen LogP contribution is -2.30. The van der Waals surface area contributed by atoms with Gasteiger partial charge in [0.2, 0.25) is 5.79 Å². The average molecular weight is 427 g/mol. The second-order valence-electron chi connectivity index (χ2n) is 11.6. The molecule has 2 aromatic carbocycles. The van der Waals surface area contributed by atoms with Crippen LogP contribution >= 0.6 is 0 Å². The third-order valence-electron chi connectivity index (χ3n) is 5.39. The van der Waals surface area contributed by atoms with E-state index in [1.165, 1.54) is 16.7 Å². The molecule has 2 aliphatic heterocycles. The Morgan fingerprint density at radius 1 is 0.677 bits per heavy atom. The first-order valence-electron chi connectivity index (χ1n) is 10.9. The van der Waals surface area contributed by atoms with E-state index in [2.05, 4.69) is 79.7 Å². The highest BCUT2D eigenvalue weighted by Gasteiger charge is 2.36. The van der Waals surface area contributed by atoms with Gasteiger partial charge in [-0.25, -0.2) is 0 Å². The van der Waals surface area contributed by atoms with E-state index in [-0.39, 0.29) is 23.9 Å². The van der Waals surface area contributed by atoms with Gasteiger partial charge in [0.25, 0.3) is 0 Å². The van der Waals surface area contributed by atoms with E-state index in [0.29, 0.717) is 0 Å². The zero-order valence-corrected chi connectivity index (χ0v) is 20.4. The minimum absolute atomic E-state index is 0. The van der Waals surface area contributed by atoms with Gasteiger partial charge < -0.3 is 14.2 Å². The van der Waals surface area contributed by atoms with E-state index in [1.54, 1.807) is 0 Å². The fourth-order valence-electron chi connectivity index (χ4n) is 4.03. The quantitative estimate of drug-likeness (QED) is 0.430. The minimum Gasteiger partial charge on any atom is -0.487 e. The van der Waals surface area contributed by atoms with Gasteiger partial charge in [0.15, 0.2) is 11.5 Å². The normalized spacial score (nSPS) is 17.6. The summed E-state index contributed by atoms with van der Waals surface area (Å²) in [5.41, 5.74) is 4.08. The Labute approximate surface area is 190 Å². The lowest BCUT2D eigenvalue weighted by Gasteiger charge is -2.24. The predicted molar refractivity (Wildman–Crippen MR) is 131 cm³/mol. The molecule has 0 unspecified atom stereocenters. The van der Waals surface area contributed by atoms with E-state index in [1.807, 2.05) is 26.0 Å². The average Bonchev–Trinajstić information content (AvgIpc) is 3.04. The van der Waals surface area contributed by atoms with Gasteiger partial charge in [-0.05, 0) is 41.9 Å². The van der Waals surface area contributed by atoms with Crippen molar-refractivity contribution in [1.29, 1.82) is 0 Å². The number of ether oxygens (including phenoxy) is 3. The Balaban J connectivity index is 0.000000213. The number of benzene rings is 2. The number of hydrogen-bond acceptors (Lipinski definition) is 3. The third-order valence-corrected chi connectivity index (χ3v) is 5.39. The first kappa shape index (κ1) is 25.1. The second-order valence-corrected chi connectivity index (χ2v) is 11.6. The van der Waals surface area contributed by atoms with E-state index < -0.39 is 5.79 Å². The van der Waals surface area contributed by atoms with Crippen molar-refractivity contribution in [3.63, 3.8) is 0 Å². The van der Waals surface area contributed by atoms with Gasteiger partial charge >= 0.3 is 0 Å². The van der Waals surface area contributed by atoms with Crippen molar-refractivity contribution in [2.24, 2.45) is 0 Å². The summed E-state index contributed by atoms with van der Waals surface area (Å²) in [5, 5.41) is 0. The summed E-state index contributed by atoms with van der Waals surface area (Å²) in [4.78, 5) is 0. The van der Waals surface area contributed by atoms with Gasteiger partial charge in [0.1, 0.15) is 11.4 Å². The summed E-state index contributed by atoms with van der Waals surface area (Å²) in [6.07, 6.45) is 1.02. The molecule has 172 valence electrons. The zero-order chi connectivity index (χ0) is 22.5. The Hall–Kier alpha value is -2.16. The molecule has 2 heterocycles. The highest BCUT2D eigenvalue weighted by atomic mass is 16.7. The number of fused-ring (bicyclic) bond motifs is 2. The molecular formula is C28H42O3. The molecule has 0 N–H and O–H groups in total. The fourth-order valence-corrected chi connectivity index (χ4v) is 4.03. The van der Waals surface area contributed by atoms with E-state index >= 15 is 0 Å². The van der Waals surface area contributed by atoms with Gasteiger partial charge in [-0.1, -0.05) is 79.3 Å². The molecule has 0 amide bonds. The first-order valence-corrected chi connectivity index (χ1v) is 10.9. The molecule has 2 aromatic rings. The summed E-state index contributed by atoms with van der Waals surface area (Å²) < 4.78 is 17.6. The summed E-state index contributed by atoms with van der Waals surface area (Å²) >= 11 is 0.